The van der Waals surface area contributed by atoms with Crippen LogP contribution in [0.15, 0.2) is 60.9 Å². The van der Waals surface area contributed by atoms with Crippen molar-refractivity contribution < 1.29 is 0 Å². The monoisotopic (exact) mass is 328 g/mol. The fourth-order valence-corrected chi connectivity index (χ4v) is 2.77. The first-order chi connectivity index (χ1) is 12.4. The zero-order valence-corrected chi connectivity index (χ0v) is 13.1. The Hall–Kier alpha value is -3.68. The van der Waals surface area contributed by atoms with Gasteiger partial charge in [0.05, 0.1) is 17.4 Å². The summed E-state index contributed by atoms with van der Waals surface area (Å²) in [5.74, 6) is 0.691. The molecule has 0 radical (unpaired) electrons. The van der Waals surface area contributed by atoms with E-state index in [2.05, 4.69) is 30.6 Å². The zero-order chi connectivity index (χ0) is 16.6. The smallest absolute Gasteiger partial charge is 0.178 e. The standard InChI is InChI=1S/C17H12N8/c1-2-4-12(5-3-1)13-6-7-16-20-21-17(25(16)22-13)11-24-15-8-9-18-10-14(15)19-23-24/h1-10H,11H2. The molecule has 0 atom stereocenters. The average Bonchev–Trinajstić information content (AvgIpc) is 3.27. The largest absolute Gasteiger partial charge is 0.262 e. The van der Waals surface area contributed by atoms with Gasteiger partial charge in [-0.3, -0.25) is 4.98 Å². The van der Waals surface area contributed by atoms with E-state index in [4.69, 9.17) is 0 Å². The third kappa shape index (κ3) is 2.31. The molecule has 0 spiro atoms. The number of pyridine rings is 1. The van der Waals surface area contributed by atoms with Gasteiger partial charge in [0.2, 0.25) is 0 Å². The van der Waals surface area contributed by atoms with Gasteiger partial charge in [-0.2, -0.15) is 9.61 Å². The maximum Gasteiger partial charge on any atom is 0.178 e. The zero-order valence-electron chi connectivity index (χ0n) is 13.1. The molecular formula is C17H12N8. The van der Waals surface area contributed by atoms with Crippen LogP contribution in [0.5, 0.6) is 0 Å². The molecule has 120 valence electrons. The van der Waals surface area contributed by atoms with E-state index in [9.17, 15) is 0 Å². The minimum atomic E-state index is 0.424. The number of hydrogen-bond acceptors (Lipinski definition) is 6. The number of benzene rings is 1. The summed E-state index contributed by atoms with van der Waals surface area (Å²) < 4.78 is 3.52. The first kappa shape index (κ1) is 13.7. The van der Waals surface area contributed by atoms with Gasteiger partial charge >= 0.3 is 0 Å². The number of rotatable bonds is 3. The van der Waals surface area contributed by atoms with Crippen LogP contribution in [0.1, 0.15) is 5.82 Å². The number of hydrogen-bond donors (Lipinski definition) is 0. The van der Waals surface area contributed by atoms with Crippen molar-refractivity contribution in [3.05, 3.63) is 66.7 Å². The van der Waals surface area contributed by atoms with Crippen LogP contribution >= 0.6 is 0 Å². The Kier molecular flexibility index (Phi) is 2.99. The summed E-state index contributed by atoms with van der Waals surface area (Å²) in [6, 6.07) is 15.7. The van der Waals surface area contributed by atoms with Gasteiger partial charge in [0.1, 0.15) is 12.1 Å². The highest BCUT2D eigenvalue weighted by Crippen LogP contribution is 2.17. The molecule has 1 aromatic carbocycles. The molecule has 0 aliphatic carbocycles. The summed E-state index contributed by atoms with van der Waals surface area (Å²) in [7, 11) is 0. The molecule has 25 heavy (non-hydrogen) atoms. The lowest BCUT2D eigenvalue weighted by molar-refractivity contribution is 0.627. The molecule has 0 aliphatic heterocycles. The summed E-state index contributed by atoms with van der Waals surface area (Å²) in [4.78, 5) is 4.06. The fraction of sp³-hybridized carbons (Fsp3) is 0.0588. The molecule has 5 rings (SSSR count). The molecule has 0 saturated carbocycles. The van der Waals surface area contributed by atoms with Crippen molar-refractivity contribution in [1.29, 1.82) is 0 Å². The molecule has 5 aromatic rings. The third-order valence-electron chi connectivity index (χ3n) is 4.00. The van der Waals surface area contributed by atoms with Crippen LogP contribution in [-0.4, -0.2) is 39.8 Å². The Morgan fingerprint density at radius 3 is 2.72 bits per heavy atom. The van der Waals surface area contributed by atoms with Crippen molar-refractivity contribution in [3.63, 3.8) is 0 Å². The van der Waals surface area contributed by atoms with Gasteiger partial charge in [-0.15, -0.1) is 15.3 Å². The summed E-state index contributed by atoms with van der Waals surface area (Å²) in [6.45, 7) is 0.424. The van der Waals surface area contributed by atoms with Crippen molar-refractivity contribution in [2.45, 2.75) is 6.54 Å². The second-order valence-electron chi connectivity index (χ2n) is 5.58. The Bertz CT molecular complexity index is 1180. The van der Waals surface area contributed by atoms with Crippen molar-refractivity contribution in [2.75, 3.05) is 0 Å². The van der Waals surface area contributed by atoms with E-state index in [-0.39, 0.29) is 0 Å². The minimum Gasteiger partial charge on any atom is -0.262 e. The van der Waals surface area contributed by atoms with Crippen LogP contribution in [0.4, 0.5) is 0 Å². The predicted octanol–water partition coefficient (Wildman–Crippen LogP) is 1.98. The van der Waals surface area contributed by atoms with E-state index in [1.165, 1.54) is 0 Å². The van der Waals surface area contributed by atoms with Crippen LogP contribution in [0.25, 0.3) is 27.9 Å². The van der Waals surface area contributed by atoms with Crippen molar-refractivity contribution in [2.24, 2.45) is 0 Å². The first-order valence-electron chi connectivity index (χ1n) is 7.78. The molecule has 8 nitrogen and oxygen atoms in total. The Morgan fingerprint density at radius 1 is 0.880 bits per heavy atom. The van der Waals surface area contributed by atoms with Crippen LogP contribution in [0.2, 0.25) is 0 Å². The van der Waals surface area contributed by atoms with Gasteiger partial charge in [-0.1, -0.05) is 35.5 Å². The molecule has 0 bridgehead atoms. The quantitative estimate of drug-likeness (QED) is 0.503. The summed E-state index contributed by atoms with van der Waals surface area (Å²) >= 11 is 0. The minimum absolute atomic E-state index is 0.424. The van der Waals surface area contributed by atoms with E-state index < -0.39 is 0 Å². The lowest BCUT2D eigenvalue weighted by Crippen LogP contribution is -2.08. The van der Waals surface area contributed by atoms with Crippen LogP contribution in [0, 0.1) is 0 Å². The highest BCUT2D eigenvalue weighted by molar-refractivity contribution is 5.72. The van der Waals surface area contributed by atoms with Crippen LogP contribution in [0.3, 0.4) is 0 Å². The molecule has 0 N–H and O–H groups in total. The van der Waals surface area contributed by atoms with Gasteiger partial charge in [-0.05, 0) is 18.2 Å². The van der Waals surface area contributed by atoms with Crippen molar-refractivity contribution in [1.82, 2.24) is 39.8 Å². The number of nitrogens with zero attached hydrogens (tertiary/aromatic N) is 8. The Balaban J connectivity index is 1.59. The molecule has 0 amide bonds. The molecule has 4 heterocycles. The summed E-state index contributed by atoms with van der Waals surface area (Å²) in [6.07, 6.45) is 3.41. The molecular weight excluding hydrogens is 316 g/mol. The van der Waals surface area contributed by atoms with E-state index in [0.29, 0.717) is 18.0 Å². The van der Waals surface area contributed by atoms with Crippen LogP contribution < -0.4 is 0 Å². The van der Waals surface area contributed by atoms with E-state index in [1.807, 2.05) is 48.5 Å². The van der Waals surface area contributed by atoms with Gasteiger partial charge < -0.3 is 0 Å². The predicted molar refractivity (Wildman–Crippen MR) is 90.6 cm³/mol. The molecule has 4 aromatic heterocycles. The molecule has 0 saturated heterocycles. The number of aromatic nitrogens is 8. The fourth-order valence-electron chi connectivity index (χ4n) is 2.77. The van der Waals surface area contributed by atoms with Crippen molar-refractivity contribution in [3.8, 4) is 11.3 Å². The second kappa shape index (κ2) is 5.45. The van der Waals surface area contributed by atoms with Gasteiger partial charge in [0.25, 0.3) is 0 Å². The maximum atomic E-state index is 4.68. The van der Waals surface area contributed by atoms with E-state index >= 15 is 0 Å². The van der Waals surface area contributed by atoms with E-state index in [0.717, 1.165) is 22.3 Å². The maximum absolute atomic E-state index is 4.68. The number of fused-ring (bicyclic) bond motifs is 2. The average molecular weight is 328 g/mol. The summed E-state index contributed by atoms with van der Waals surface area (Å²) in [5.41, 5.74) is 4.24. The van der Waals surface area contributed by atoms with E-state index in [1.54, 1.807) is 21.6 Å². The molecule has 0 unspecified atom stereocenters. The summed E-state index contributed by atoms with van der Waals surface area (Å²) in [5, 5.41) is 21.4. The lowest BCUT2D eigenvalue weighted by atomic mass is 10.1. The molecule has 0 fully saturated rings. The first-order valence-corrected chi connectivity index (χ1v) is 7.78. The lowest BCUT2D eigenvalue weighted by Gasteiger charge is -2.03. The second-order valence-corrected chi connectivity index (χ2v) is 5.58. The van der Waals surface area contributed by atoms with Crippen LogP contribution in [-0.2, 0) is 6.54 Å². The topological polar surface area (TPSA) is 86.7 Å². The highest BCUT2D eigenvalue weighted by Gasteiger charge is 2.12. The normalized spacial score (nSPS) is 11.4. The third-order valence-corrected chi connectivity index (χ3v) is 4.00. The van der Waals surface area contributed by atoms with Gasteiger partial charge in [0, 0.05) is 11.8 Å². The Morgan fingerprint density at radius 2 is 1.80 bits per heavy atom. The van der Waals surface area contributed by atoms with Gasteiger partial charge in [0.15, 0.2) is 11.5 Å². The van der Waals surface area contributed by atoms with Crippen molar-refractivity contribution >= 4 is 16.7 Å². The van der Waals surface area contributed by atoms with Gasteiger partial charge in [-0.25, -0.2) is 4.68 Å². The highest BCUT2D eigenvalue weighted by atomic mass is 15.4. The Labute approximate surface area is 141 Å². The SMILES string of the molecule is c1ccc(-c2ccc3nnc(Cn4nnc5cnccc54)n3n2)cc1. The molecule has 8 heteroatoms. The molecule has 0 aliphatic rings.